The van der Waals surface area contributed by atoms with Crippen LogP contribution in [0.5, 0.6) is 5.75 Å². The Labute approximate surface area is 116 Å². The number of nitrogens with zero attached hydrogens (tertiary/aromatic N) is 2. The van der Waals surface area contributed by atoms with Gasteiger partial charge >= 0.3 is 0 Å². The largest absolute Gasteiger partial charge is 0.497 e. The molecule has 0 atom stereocenters. The van der Waals surface area contributed by atoms with Crippen molar-refractivity contribution in [3.8, 4) is 5.75 Å². The number of benzene rings is 1. The Morgan fingerprint density at radius 3 is 2.70 bits per heavy atom. The van der Waals surface area contributed by atoms with Gasteiger partial charge in [-0.05, 0) is 24.3 Å². The minimum absolute atomic E-state index is 0.143. The highest BCUT2D eigenvalue weighted by Gasteiger charge is 2.05. The zero-order chi connectivity index (χ0) is 14.4. The molecule has 0 aliphatic heterocycles. The van der Waals surface area contributed by atoms with E-state index in [9.17, 15) is 4.79 Å². The number of hydrogen-bond donors (Lipinski definition) is 2. The number of ether oxygens (including phenoxy) is 1. The molecule has 1 aromatic carbocycles. The molecule has 0 aliphatic carbocycles. The molecule has 2 aromatic rings. The summed E-state index contributed by atoms with van der Waals surface area (Å²) in [7, 11) is 1.59. The van der Waals surface area contributed by atoms with Crippen LogP contribution in [0.25, 0.3) is 0 Å². The summed E-state index contributed by atoms with van der Waals surface area (Å²) in [6.07, 6.45) is 0. The molecule has 1 heterocycles. The van der Waals surface area contributed by atoms with E-state index in [0.29, 0.717) is 23.9 Å². The second-order valence-corrected chi connectivity index (χ2v) is 4.11. The lowest BCUT2D eigenvalue weighted by atomic mass is 10.3. The summed E-state index contributed by atoms with van der Waals surface area (Å²) in [6.45, 7) is 2.26. The Bertz CT molecular complexity index is 565. The molecular weight excluding hydrogens is 260 g/mol. The zero-order valence-corrected chi connectivity index (χ0v) is 11.3. The lowest BCUT2D eigenvalue weighted by Gasteiger charge is -2.06. The Hall–Kier alpha value is -2.41. The van der Waals surface area contributed by atoms with Crippen molar-refractivity contribution in [3.05, 3.63) is 36.0 Å². The highest BCUT2D eigenvalue weighted by molar-refractivity contribution is 5.92. The topological polar surface area (TPSA) is 89.3 Å². The van der Waals surface area contributed by atoms with Gasteiger partial charge in [-0.25, -0.2) is 0 Å². The first-order valence-electron chi connectivity index (χ1n) is 6.11. The van der Waals surface area contributed by atoms with Crippen LogP contribution < -0.4 is 15.4 Å². The molecule has 0 fully saturated rings. The second kappa shape index (κ2) is 6.67. The summed E-state index contributed by atoms with van der Waals surface area (Å²) in [5.41, 5.74) is 0.716. The smallest absolute Gasteiger partial charge is 0.238 e. The molecule has 0 spiro atoms. The number of methoxy groups -OCH3 is 1. The first-order chi connectivity index (χ1) is 9.67. The van der Waals surface area contributed by atoms with E-state index in [4.69, 9.17) is 9.26 Å². The lowest BCUT2D eigenvalue weighted by Crippen LogP contribution is -2.28. The molecule has 7 nitrogen and oxygen atoms in total. The lowest BCUT2D eigenvalue weighted by molar-refractivity contribution is -0.115. The maximum atomic E-state index is 11.7. The monoisotopic (exact) mass is 276 g/mol. The molecule has 2 rings (SSSR count). The third-order valence-electron chi connectivity index (χ3n) is 2.51. The van der Waals surface area contributed by atoms with Crippen molar-refractivity contribution in [1.82, 2.24) is 15.5 Å². The van der Waals surface area contributed by atoms with Gasteiger partial charge in [0.25, 0.3) is 0 Å². The zero-order valence-electron chi connectivity index (χ0n) is 11.3. The highest BCUT2D eigenvalue weighted by atomic mass is 16.5. The fourth-order valence-corrected chi connectivity index (χ4v) is 1.58. The fraction of sp³-hybridized carbons (Fsp3) is 0.308. The minimum Gasteiger partial charge on any atom is -0.497 e. The van der Waals surface area contributed by atoms with Gasteiger partial charge < -0.3 is 19.9 Å². The summed E-state index contributed by atoms with van der Waals surface area (Å²) < 4.78 is 9.87. The quantitative estimate of drug-likeness (QED) is 0.821. The number of anilines is 1. The van der Waals surface area contributed by atoms with Gasteiger partial charge in [-0.3, -0.25) is 4.79 Å². The van der Waals surface area contributed by atoms with Gasteiger partial charge in [0.15, 0.2) is 5.82 Å². The SMILES string of the molecule is COc1ccc(NC(=O)CNCc2noc(C)n2)cc1. The normalized spacial score (nSPS) is 10.3. The Kier molecular flexibility index (Phi) is 4.67. The Morgan fingerprint density at radius 2 is 2.10 bits per heavy atom. The van der Waals surface area contributed by atoms with Crippen LogP contribution in [0.1, 0.15) is 11.7 Å². The summed E-state index contributed by atoms with van der Waals surface area (Å²) in [4.78, 5) is 15.7. The molecular formula is C13H16N4O3. The number of hydrogen-bond acceptors (Lipinski definition) is 6. The van der Waals surface area contributed by atoms with Crippen LogP contribution in [0.4, 0.5) is 5.69 Å². The number of rotatable bonds is 6. The molecule has 0 bridgehead atoms. The van der Waals surface area contributed by atoms with Gasteiger partial charge in [-0.15, -0.1) is 0 Å². The van der Waals surface area contributed by atoms with Crippen molar-refractivity contribution in [2.24, 2.45) is 0 Å². The van der Waals surface area contributed by atoms with E-state index >= 15 is 0 Å². The predicted molar refractivity (Wildman–Crippen MR) is 72.4 cm³/mol. The van der Waals surface area contributed by atoms with Gasteiger partial charge in [0.2, 0.25) is 11.8 Å². The van der Waals surface area contributed by atoms with E-state index in [2.05, 4.69) is 20.8 Å². The summed E-state index contributed by atoms with van der Waals surface area (Å²) in [5.74, 6) is 1.63. The van der Waals surface area contributed by atoms with Gasteiger partial charge in [0.05, 0.1) is 20.2 Å². The first-order valence-corrected chi connectivity index (χ1v) is 6.11. The number of carbonyl (C=O) groups excluding carboxylic acids is 1. The Balaban J connectivity index is 1.74. The van der Waals surface area contributed by atoms with Crippen molar-refractivity contribution >= 4 is 11.6 Å². The standard InChI is InChI=1S/C13H16N4O3/c1-9-15-12(17-20-9)7-14-8-13(18)16-10-3-5-11(19-2)6-4-10/h3-6,14H,7-8H2,1-2H3,(H,16,18). The molecule has 1 amide bonds. The number of aromatic nitrogens is 2. The molecule has 0 unspecified atom stereocenters. The number of nitrogens with one attached hydrogen (secondary N) is 2. The van der Waals surface area contributed by atoms with Gasteiger partial charge in [-0.2, -0.15) is 4.98 Å². The minimum atomic E-state index is -0.143. The molecule has 7 heteroatoms. The summed E-state index contributed by atoms with van der Waals surface area (Å²) >= 11 is 0. The number of aryl methyl sites for hydroxylation is 1. The first kappa shape index (κ1) is 14.0. The van der Waals surface area contributed by atoms with Crippen LogP contribution in [0, 0.1) is 6.92 Å². The van der Waals surface area contributed by atoms with E-state index < -0.39 is 0 Å². The van der Waals surface area contributed by atoms with Crippen LogP contribution >= 0.6 is 0 Å². The highest BCUT2D eigenvalue weighted by Crippen LogP contribution is 2.14. The average Bonchev–Trinajstić information content (AvgIpc) is 2.85. The maximum Gasteiger partial charge on any atom is 0.238 e. The number of carbonyl (C=O) groups is 1. The van der Waals surface area contributed by atoms with Crippen molar-refractivity contribution in [1.29, 1.82) is 0 Å². The maximum absolute atomic E-state index is 11.7. The van der Waals surface area contributed by atoms with Gasteiger partial charge in [0.1, 0.15) is 5.75 Å². The summed E-state index contributed by atoms with van der Waals surface area (Å²) in [6, 6.07) is 7.12. The van der Waals surface area contributed by atoms with Crippen molar-refractivity contribution in [2.45, 2.75) is 13.5 Å². The number of amides is 1. The fourth-order valence-electron chi connectivity index (χ4n) is 1.58. The van der Waals surface area contributed by atoms with Crippen LogP contribution in [-0.4, -0.2) is 29.7 Å². The van der Waals surface area contributed by atoms with E-state index in [1.807, 2.05) is 0 Å². The molecule has 0 aliphatic rings. The van der Waals surface area contributed by atoms with E-state index in [1.165, 1.54) is 0 Å². The van der Waals surface area contributed by atoms with Crippen LogP contribution in [0.3, 0.4) is 0 Å². The molecule has 0 radical (unpaired) electrons. The van der Waals surface area contributed by atoms with Crippen LogP contribution in [0.2, 0.25) is 0 Å². The van der Waals surface area contributed by atoms with E-state index in [-0.39, 0.29) is 12.5 Å². The van der Waals surface area contributed by atoms with Crippen LogP contribution in [0.15, 0.2) is 28.8 Å². The third kappa shape index (κ3) is 4.06. The average molecular weight is 276 g/mol. The van der Waals surface area contributed by atoms with Gasteiger partial charge in [0, 0.05) is 12.6 Å². The predicted octanol–water partition coefficient (Wildman–Crippen LogP) is 1.11. The summed E-state index contributed by atoms with van der Waals surface area (Å²) in [5, 5.41) is 9.42. The molecule has 0 saturated heterocycles. The molecule has 0 saturated carbocycles. The molecule has 2 N–H and O–H groups in total. The van der Waals surface area contributed by atoms with E-state index in [1.54, 1.807) is 38.3 Å². The second-order valence-electron chi connectivity index (χ2n) is 4.11. The van der Waals surface area contributed by atoms with Crippen LogP contribution in [-0.2, 0) is 11.3 Å². The van der Waals surface area contributed by atoms with Crippen molar-refractivity contribution in [2.75, 3.05) is 19.0 Å². The van der Waals surface area contributed by atoms with Crippen molar-refractivity contribution < 1.29 is 14.1 Å². The molecule has 1 aromatic heterocycles. The third-order valence-corrected chi connectivity index (χ3v) is 2.51. The van der Waals surface area contributed by atoms with E-state index in [0.717, 1.165) is 5.75 Å². The Morgan fingerprint density at radius 1 is 1.35 bits per heavy atom. The van der Waals surface area contributed by atoms with Crippen molar-refractivity contribution in [3.63, 3.8) is 0 Å². The molecule has 106 valence electrons. The molecule has 20 heavy (non-hydrogen) atoms. The van der Waals surface area contributed by atoms with Gasteiger partial charge in [-0.1, -0.05) is 5.16 Å².